The van der Waals surface area contributed by atoms with Crippen molar-refractivity contribution in [3.8, 4) is 11.1 Å². The number of nitrogens with zero attached hydrogens (tertiary/aromatic N) is 2. The first-order chi connectivity index (χ1) is 11.7. The van der Waals surface area contributed by atoms with Crippen LogP contribution in [-0.4, -0.2) is 55.2 Å². The summed E-state index contributed by atoms with van der Waals surface area (Å²) in [7, 11) is 0. The van der Waals surface area contributed by atoms with Gasteiger partial charge in [-0.25, -0.2) is 0 Å². The zero-order valence-electron chi connectivity index (χ0n) is 13.6. The summed E-state index contributed by atoms with van der Waals surface area (Å²) in [5.41, 5.74) is 8.81. The number of carbonyl (C=O) groups excluding carboxylic acids is 1. The number of morpholine rings is 1. The van der Waals surface area contributed by atoms with Gasteiger partial charge in [0.25, 0.3) is 5.91 Å². The fraction of sp³-hybridized carbons (Fsp3) is 0.333. The Kier molecular flexibility index (Phi) is 5.40. The lowest BCUT2D eigenvalue weighted by molar-refractivity contribution is 0.0383. The van der Waals surface area contributed by atoms with Gasteiger partial charge in [0.05, 0.1) is 13.2 Å². The number of nitrogens with one attached hydrogen (secondary N) is 1. The zero-order valence-corrected chi connectivity index (χ0v) is 13.6. The molecule has 24 heavy (non-hydrogen) atoms. The van der Waals surface area contributed by atoms with Crippen LogP contribution in [0.4, 0.5) is 5.69 Å². The molecular formula is C18H22N4O2. The third kappa shape index (κ3) is 4.31. The van der Waals surface area contributed by atoms with E-state index in [1.165, 1.54) is 0 Å². The van der Waals surface area contributed by atoms with Gasteiger partial charge in [-0.2, -0.15) is 0 Å². The molecule has 6 heteroatoms. The van der Waals surface area contributed by atoms with Crippen molar-refractivity contribution >= 4 is 11.6 Å². The van der Waals surface area contributed by atoms with Crippen LogP contribution < -0.4 is 11.1 Å². The fourth-order valence-corrected chi connectivity index (χ4v) is 2.65. The molecule has 0 unspecified atom stereocenters. The summed E-state index contributed by atoms with van der Waals surface area (Å²) in [6.07, 6.45) is 1.66. The first-order valence-electron chi connectivity index (χ1n) is 8.12. The molecule has 3 N–H and O–H groups in total. The number of rotatable bonds is 5. The summed E-state index contributed by atoms with van der Waals surface area (Å²) in [5, 5.41) is 2.93. The van der Waals surface area contributed by atoms with E-state index in [0.29, 0.717) is 17.9 Å². The molecule has 2 heterocycles. The number of nitrogen functional groups attached to an aromatic ring is 1. The molecule has 3 rings (SSSR count). The molecule has 1 aliphatic heterocycles. The molecule has 1 amide bonds. The highest BCUT2D eigenvalue weighted by Gasteiger charge is 2.12. The van der Waals surface area contributed by atoms with Crippen LogP contribution in [0.15, 0.2) is 42.6 Å². The molecule has 0 atom stereocenters. The van der Waals surface area contributed by atoms with Gasteiger partial charge in [0, 0.05) is 38.1 Å². The third-order valence-electron chi connectivity index (χ3n) is 4.05. The number of benzene rings is 1. The van der Waals surface area contributed by atoms with Crippen molar-refractivity contribution in [3.63, 3.8) is 0 Å². The molecule has 1 aliphatic rings. The second kappa shape index (κ2) is 7.90. The molecule has 1 saturated heterocycles. The molecule has 0 saturated carbocycles. The average Bonchev–Trinajstić information content (AvgIpc) is 2.63. The van der Waals surface area contributed by atoms with Crippen molar-refractivity contribution in [1.29, 1.82) is 0 Å². The van der Waals surface area contributed by atoms with E-state index in [0.717, 1.165) is 44.0 Å². The summed E-state index contributed by atoms with van der Waals surface area (Å²) < 4.78 is 5.31. The Labute approximate surface area is 141 Å². The van der Waals surface area contributed by atoms with Crippen LogP contribution in [0.1, 0.15) is 10.5 Å². The number of anilines is 1. The highest BCUT2D eigenvalue weighted by molar-refractivity contribution is 5.93. The molecule has 2 aromatic rings. The summed E-state index contributed by atoms with van der Waals surface area (Å²) in [5.74, 6) is -0.152. The van der Waals surface area contributed by atoms with Crippen molar-refractivity contribution in [2.45, 2.75) is 0 Å². The van der Waals surface area contributed by atoms with E-state index in [2.05, 4.69) is 15.2 Å². The first kappa shape index (κ1) is 16.4. The standard InChI is InChI=1S/C18H22N4O2/c19-16-3-1-14(2-4-16)15-5-6-20-17(13-15)18(23)21-7-8-22-9-11-24-12-10-22/h1-6,13H,7-12,19H2,(H,21,23). The first-order valence-corrected chi connectivity index (χ1v) is 8.12. The number of hydrogen-bond acceptors (Lipinski definition) is 5. The van der Waals surface area contributed by atoms with E-state index >= 15 is 0 Å². The molecule has 0 bridgehead atoms. The SMILES string of the molecule is Nc1ccc(-c2ccnc(C(=O)NCCN3CCOCC3)c2)cc1. The van der Waals surface area contributed by atoms with Gasteiger partial charge in [-0.05, 0) is 35.4 Å². The predicted molar refractivity (Wildman–Crippen MR) is 93.7 cm³/mol. The Balaban J connectivity index is 1.58. The maximum atomic E-state index is 12.3. The number of carbonyl (C=O) groups is 1. The van der Waals surface area contributed by atoms with Gasteiger partial charge in [-0.3, -0.25) is 14.7 Å². The van der Waals surface area contributed by atoms with Gasteiger partial charge < -0.3 is 15.8 Å². The van der Waals surface area contributed by atoms with Crippen molar-refractivity contribution in [2.24, 2.45) is 0 Å². The van der Waals surface area contributed by atoms with Gasteiger partial charge in [-0.1, -0.05) is 12.1 Å². The summed E-state index contributed by atoms with van der Waals surface area (Å²) >= 11 is 0. The van der Waals surface area contributed by atoms with E-state index < -0.39 is 0 Å². The van der Waals surface area contributed by atoms with Crippen LogP contribution in [0, 0.1) is 0 Å². The Morgan fingerprint density at radius 2 is 1.92 bits per heavy atom. The van der Waals surface area contributed by atoms with Crippen molar-refractivity contribution in [3.05, 3.63) is 48.3 Å². The highest BCUT2D eigenvalue weighted by atomic mass is 16.5. The van der Waals surface area contributed by atoms with Crippen LogP contribution in [0.3, 0.4) is 0 Å². The summed E-state index contributed by atoms with van der Waals surface area (Å²) in [4.78, 5) is 18.7. The Morgan fingerprint density at radius 3 is 2.67 bits per heavy atom. The lowest BCUT2D eigenvalue weighted by atomic mass is 10.1. The number of pyridine rings is 1. The van der Waals surface area contributed by atoms with Gasteiger partial charge >= 0.3 is 0 Å². The van der Waals surface area contributed by atoms with Crippen LogP contribution in [0.2, 0.25) is 0 Å². The Hall–Kier alpha value is -2.44. The number of nitrogens with two attached hydrogens (primary N) is 1. The smallest absolute Gasteiger partial charge is 0.269 e. The second-order valence-corrected chi connectivity index (χ2v) is 5.76. The van der Waals surface area contributed by atoms with E-state index in [9.17, 15) is 4.79 Å². The van der Waals surface area contributed by atoms with E-state index in [1.807, 2.05) is 30.3 Å². The highest BCUT2D eigenvalue weighted by Crippen LogP contribution is 2.20. The summed E-state index contributed by atoms with van der Waals surface area (Å²) in [6, 6.07) is 11.2. The van der Waals surface area contributed by atoms with Gasteiger partial charge in [0.15, 0.2) is 0 Å². The lowest BCUT2D eigenvalue weighted by Gasteiger charge is -2.26. The number of ether oxygens (including phenoxy) is 1. The number of aromatic nitrogens is 1. The van der Waals surface area contributed by atoms with E-state index in [-0.39, 0.29) is 5.91 Å². The Morgan fingerprint density at radius 1 is 1.17 bits per heavy atom. The largest absolute Gasteiger partial charge is 0.399 e. The normalized spacial score (nSPS) is 15.2. The zero-order chi connectivity index (χ0) is 16.8. The molecule has 126 valence electrons. The summed E-state index contributed by atoms with van der Waals surface area (Å²) in [6.45, 7) is 4.79. The minimum atomic E-state index is -0.152. The molecule has 0 spiro atoms. The molecular weight excluding hydrogens is 304 g/mol. The molecule has 1 fully saturated rings. The van der Waals surface area contributed by atoms with Crippen LogP contribution >= 0.6 is 0 Å². The fourth-order valence-electron chi connectivity index (χ4n) is 2.65. The molecule has 0 aliphatic carbocycles. The number of amides is 1. The lowest BCUT2D eigenvalue weighted by Crippen LogP contribution is -2.41. The van der Waals surface area contributed by atoms with Crippen molar-refractivity contribution in [2.75, 3.05) is 45.1 Å². The minimum absolute atomic E-state index is 0.152. The molecule has 1 aromatic carbocycles. The monoisotopic (exact) mass is 326 g/mol. The van der Waals surface area contributed by atoms with E-state index in [1.54, 1.807) is 12.3 Å². The molecule has 6 nitrogen and oxygen atoms in total. The van der Waals surface area contributed by atoms with Crippen molar-refractivity contribution in [1.82, 2.24) is 15.2 Å². The third-order valence-corrected chi connectivity index (χ3v) is 4.05. The molecule has 0 radical (unpaired) electrons. The maximum absolute atomic E-state index is 12.3. The van der Waals surface area contributed by atoms with E-state index in [4.69, 9.17) is 10.5 Å². The quantitative estimate of drug-likeness (QED) is 0.812. The predicted octanol–water partition coefficient (Wildman–Crippen LogP) is 1.39. The minimum Gasteiger partial charge on any atom is -0.399 e. The van der Waals surface area contributed by atoms with Crippen LogP contribution in [0.25, 0.3) is 11.1 Å². The maximum Gasteiger partial charge on any atom is 0.269 e. The number of hydrogen-bond donors (Lipinski definition) is 2. The Bertz CT molecular complexity index is 682. The average molecular weight is 326 g/mol. The van der Waals surface area contributed by atoms with Gasteiger partial charge in [0.1, 0.15) is 5.69 Å². The van der Waals surface area contributed by atoms with Crippen molar-refractivity contribution < 1.29 is 9.53 Å². The van der Waals surface area contributed by atoms with Crippen LogP contribution in [0.5, 0.6) is 0 Å². The van der Waals surface area contributed by atoms with Gasteiger partial charge in [0.2, 0.25) is 0 Å². The van der Waals surface area contributed by atoms with Gasteiger partial charge in [-0.15, -0.1) is 0 Å². The van der Waals surface area contributed by atoms with Crippen LogP contribution in [-0.2, 0) is 4.74 Å². The topological polar surface area (TPSA) is 80.5 Å². The second-order valence-electron chi connectivity index (χ2n) is 5.76. The molecule has 1 aromatic heterocycles.